The Balaban J connectivity index is 1.25. The molecule has 0 amide bonds. The Kier molecular flexibility index (Phi) is 10.3. The Hall–Kier alpha value is -5.52. The van der Waals surface area contributed by atoms with Crippen LogP contribution in [0.25, 0.3) is 87.7 Å². The molecule has 9 rings (SSSR count). The molecule has 252 valence electrons. The maximum absolute atomic E-state index is 6.94. The van der Waals surface area contributed by atoms with Gasteiger partial charge in [-0.1, -0.05) is 152 Å². The summed E-state index contributed by atoms with van der Waals surface area (Å²) in [4.78, 5) is 14.8. The highest BCUT2D eigenvalue weighted by Crippen LogP contribution is 2.31. The molecule has 15 heteroatoms. The molecule has 0 fully saturated rings. The zero-order valence-corrected chi connectivity index (χ0v) is 32.8. The Morgan fingerprint density at radius 2 is 0.667 bits per heavy atom. The number of nitrogens with zero attached hydrogens (tertiary/aromatic N) is 3. The molecule has 0 unspecified atom stereocenters. The van der Waals surface area contributed by atoms with Crippen molar-refractivity contribution in [2.24, 2.45) is 0 Å². The third-order valence-electron chi connectivity index (χ3n) is 10.9. The molecule has 7 aromatic carbocycles. The number of rotatable bonds is 6. The molecule has 0 bridgehead atoms. The van der Waals surface area contributed by atoms with Crippen molar-refractivity contribution in [2.75, 3.05) is 0 Å². The standard InChI is InChI=1S/C45H18B11N3S/c46-30-25(26-32(48)33(49)27-28-34(50)38(54)39(55)40(56)42(28)60-41(27)37(26)53)31(47)36(52)29(35(30)51)45-58-43(22-16-14-21(15-17-22)19-8-3-1-4-9-19)57-44(59-45)24-13-7-12-23(18-24)20-10-5-2-6-11-20/h1-18H. The van der Waals surface area contributed by atoms with Crippen LogP contribution in [0.1, 0.15) is 0 Å². The van der Waals surface area contributed by atoms with Crippen molar-refractivity contribution in [3.05, 3.63) is 109 Å². The SMILES string of the molecule is [B]c1c([B])c(-c2c([B])c([B])c3c(sc4c([B])c([B])c([B])c([B])c43)c2[B])c([B])c([B])c1-c1nc(-c2ccc(-c3ccccc3)cc2)nc(-c2cccc(-c3ccccc3)c2)n1. The quantitative estimate of drug-likeness (QED) is 0.205. The van der Waals surface area contributed by atoms with Crippen LogP contribution in [0, 0.1) is 0 Å². The summed E-state index contributed by atoms with van der Waals surface area (Å²) in [6.45, 7) is 0. The number of benzene rings is 7. The van der Waals surface area contributed by atoms with Crippen LogP contribution in [0.4, 0.5) is 0 Å². The highest BCUT2D eigenvalue weighted by molar-refractivity contribution is 7.28. The summed E-state index contributed by atoms with van der Waals surface area (Å²) in [6.07, 6.45) is 0. The molecule has 22 radical (unpaired) electrons. The van der Waals surface area contributed by atoms with Gasteiger partial charge >= 0.3 is 0 Å². The van der Waals surface area contributed by atoms with Crippen molar-refractivity contribution in [3.63, 3.8) is 0 Å². The second-order valence-corrected chi connectivity index (χ2v) is 15.4. The van der Waals surface area contributed by atoms with E-state index in [1.54, 1.807) is 0 Å². The summed E-state index contributed by atoms with van der Waals surface area (Å²) in [5.41, 5.74) is 7.48. The first-order valence-electron chi connectivity index (χ1n) is 18.6. The Labute approximate surface area is 367 Å². The van der Waals surface area contributed by atoms with Gasteiger partial charge < -0.3 is 0 Å². The first-order valence-corrected chi connectivity index (χ1v) is 19.5. The second-order valence-electron chi connectivity index (χ2n) is 14.4. The average molecular weight is 752 g/mol. The van der Waals surface area contributed by atoms with E-state index in [-0.39, 0.29) is 82.6 Å². The lowest BCUT2D eigenvalue weighted by molar-refractivity contribution is 1.08. The van der Waals surface area contributed by atoms with E-state index in [2.05, 4.69) is 0 Å². The molecule has 0 saturated heterocycles. The predicted octanol–water partition coefficient (Wildman–Crippen LogP) is -1.03. The summed E-state index contributed by atoms with van der Waals surface area (Å²) >= 11 is 1.23. The van der Waals surface area contributed by atoms with E-state index in [4.69, 9.17) is 101 Å². The molecule has 9 aromatic rings. The van der Waals surface area contributed by atoms with Gasteiger partial charge in [-0.3, -0.25) is 0 Å². The zero-order valence-electron chi connectivity index (χ0n) is 32.0. The van der Waals surface area contributed by atoms with Gasteiger partial charge in [0.25, 0.3) is 0 Å². The molecular weight excluding hydrogens is 734 g/mol. The van der Waals surface area contributed by atoms with Crippen LogP contribution in [0.3, 0.4) is 0 Å². The maximum atomic E-state index is 6.94. The van der Waals surface area contributed by atoms with Crippen LogP contribution in [-0.4, -0.2) is 101 Å². The number of thiophene rings is 1. The minimum Gasteiger partial charge on any atom is -0.208 e. The van der Waals surface area contributed by atoms with Crippen molar-refractivity contribution < 1.29 is 0 Å². The zero-order chi connectivity index (χ0) is 42.1. The smallest absolute Gasteiger partial charge is 0.164 e. The van der Waals surface area contributed by atoms with Crippen LogP contribution in [-0.2, 0) is 0 Å². The highest BCUT2D eigenvalue weighted by atomic mass is 32.1. The van der Waals surface area contributed by atoms with E-state index >= 15 is 0 Å². The maximum Gasteiger partial charge on any atom is 0.164 e. The highest BCUT2D eigenvalue weighted by Gasteiger charge is 2.25. The second kappa shape index (κ2) is 15.5. The van der Waals surface area contributed by atoms with Gasteiger partial charge in [-0.15, -0.1) is 22.3 Å². The van der Waals surface area contributed by atoms with Crippen LogP contribution in [0.5, 0.6) is 0 Å². The Morgan fingerprint density at radius 1 is 0.283 bits per heavy atom. The molecule has 60 heavy (non-hydrogen) atoms. The molecule has 2 aromatic heterocycles. The lowest BCUT2D eigenvalue weighted by Crippen LogP contribution is -2.48. The van der Waals surface area contributed by atoms with E-state index < -0.39 is 0 Å². The van der Waals surface area contributed by atoms with E-state index in [9.17, 15) is 0 Å². The molecule has 3 nitrogen and oxygen atoms in total. The number of fused-ring (bicyclic) bond motifs is 3. The van der Waals surface area contributed by atoms with Gasteiger partial charge in [-0.2, -0.15) is 0 Å². The van der Waals surface area contributed by atoms with Gasteiger partial charge in [0.15, 0.2) is 17.5 Å². The molecule has 2 heterocycles. The largest absolute Gasteiger partial charge is 0.208 e. The minimum absolute atomic E-state index is 0.0317. The lowest BCUT2D eigenvalue weighted by Gasteiger charge is -2.26. The topological polar surface area (TPSA) is 38.7 Å². The van der Waals surface area contributed by atoms with Gasteiger partial charge in [0.1, 0.15) is 86.3 Å². The van der Waals surface area contributed by atoms with Gasteiger partial charge in [-0.05, 0) is 50.2 Å². The molecule has 0 aliphatic rings. The molecule has 0 N–H and O–H groups in total. The summed E-state index contributed by atoms with van der Waals surface area (Å²) < 4.78 is 1.06. The molecule has 0 spiro atoms. The summed E-state index contributed by atoms with van der Waals surface area (Å²) in [5.74, 6) is 0.890. The molecular formula is C45H18B11N3S. The molecule has 0 saturated carbocycles. The summed E-state index contributed by atoms with van der Waals surface area (Å²) in [5, 5.41) is 0.958. The first kappa shape index (κ1) is 39.9. The van der Waals surface area contributed by atoms with Crippen molar-refractivity contribution in [3.8, 4) is 67.5 Å². The predicted molar refractivity (Wildman–Crippen MR) is 265 cm³/mol. The van der Waals surface area contributed by atoms with Crippen molar-refractivity contribution in [2.45, 2.75) is 0 Å². The third kappa shape index (κ3) is 6.48. The van der Waals surface area contributed by atoms with Crippen LogP contribution < -0.4 is 60.1 Å². The van der Waals surface area contributed by atoms with Gasteiger partial charge in [0, 0.05) is 26.1 Å². The molecule has 0 aliphatic heterocycles. The van der Waals surface area contributed by atoms with Gasteiger partial charge in [0.05, 0.1) is 0 Å². The number of aromatic nitrogens is 3. The van der Waals surface area contributed by atoms with Crippen molar-refractivity contribution >= 4 is 178 Å². The Morgan fingerprint density at radius 3 is 1.27 bits per heavy atom. The van der Waals surface area contributed by atoms with E-state index in [1.165, 1.54) is 11.3 Å². The third-order valence-corrected chi connectivity index (χ3v) is 12.1. The van der Waals surface area contributed by atoms with Crippen LogP contribution in [0.15, 0.2) is 109 Å². The molecule has 0 atom stereocenters. The lowest BCUT2D eigenvalue weighted by atomic mass is 9.59. The normalized spacial score (nSPS) is 11.4. The minimum atomic E-state index is 0.0317. The fraction of sp³-hybridized carbons (Fsp3) is 0. The van der Waals surface area contributed by atoms with Gasteiger partial charge in [0.2, 0.25) is 0 Å². The van der Waals surface area contributed by atoms with E-state index in [1.807, 2.05) is 109 Å². The fourth-order valence-corrected chi connectivity index (χ4v) is 8.93. The van der Waals surface area contributed by atoms with Crippen molar-refractivity contribution in [1.29, 1.82) is 0 Å². The van der Waals surface area contributed by atoms with Crippen LogP contribution >= 0.6 is 11.3 Å². The summed E-state index contributed by atoms with van der Waals surface area (Å²) in [7, 11) is 73.5. The number of hydrogen-bond acceptors (Lipinski definition) is 4. The monoisotopic (exact) mass is 753 g/mol. The molecule has 0 aliphatic carbocycles. The Bertz CT molecular complexity index is 3180. The van der Waals surface area contributed by atoms with Crippen molar-refractivity contribution in [1.82, 2.24) is 15.0 Å². The van der Waals surface area contributed by atoms with Crippen LogP contribution in [0.2, 0.25) is 0 Å². The van der Waals surface area contributed by atoms with Gasteiger partial charge in [-0.25, -0.2) is 15.0 Å². The average Bonchev–Trinajstić information content (AvgIpc) is 3.70. The van der Waals surface area contributed by atoms with E-state index in [0.717, 1.165) is 33.4 Å². The fourth-order valence-electron chi connectivity index (χ4n) is 7.66. The first-order chi connectivity index (χ1) is 28.8. The summed E-state index contributed by atoms with van der Waals surface area (Å²) in [6, 6.07) is 35.9. The number of hydrogen-bond donors (Lipinski definition) is 0. The van der Waals surface area contributed by atoms with E-state index in [0.29, 0.717) is 31.8 Å².